The summed E-state index contributed by atoms with van der Waals surface area (Å²) in [7, 11) is 1.73. The lowest BCUT2D eigenvalue weighted by atomic mass is 10.1. The van der Waals surface area contributed by atoms with Crippen LogP contribution in [0.2, 0.25) is 0 Å². The molecule has 0 atom stereocenters. The fourth-order valence-electron chi connectivity index (χ4n) is 1.45. The summed E-state index contributed by atoms with van der Waals surface area (Å²) < 4.78 is 4.94. The van der Waals surface area contributed by atoms with Gasteiger partial charge in [-0.25, -0.2) is 0 Å². The van der Waals surface area contributed by atoms with Crippen molar-refractivity contribution in [1.29, 1.82) is 0 Å². The zero-order chi connectivity index (χ0) is 11.2. The average molecular weight is 216 g/mol. The largest absolute Gasteiger partial charge is 0.383 e. The lowest BCUT2D eigenvalue weighted by Crippen LogP contribution is -2.29. The average Bonchev–Trinajstić information content (AvgIpc) is 2.26. The second kappa shape index (κ2) is 13.9. The van der Waals surface area contributed by atoms with E-state index in [0.29, 0.717) is 0 Å². The molecule has 92 valence electrons. The smallest absolute Gasteiger partial charge is 0.0587 e. The van der Waals surface area contributed by atoms with E-state index in [1.807, 2.05) is 0 Å². The summed E-state index contributed by atoms with van der Waals surface area (Å²) >= 11 is 0. The van der Waals surface area contributed by atoms with E-state index in [-0.39, 0.29) is 0 Å². The zero-order valence-corrected chi connectivity index (χ0v) is 10.5. The topological polar surface area (TPSA) is 33.3 Å². The number of hydrogen-bond donors (Lipinski definition) is 2. The molecule has 0 unspecified atom stereocenters. The van der Waals surface area contributed by atoms with Crippen molar-refractivity contribution in [2.45, 2.75) is 39.0 Å². The Balaban J connectivity index is 2.81. The van der Waals surface area contributed by atoms with E-state index in [9.17, 15) is 0 Å². The van der Waals surface area contributed by atoms with Gasteiger partial charge in [0.05, 0.1) is 6.61 Å². The Labute approximate surface area is 95.0 Å². The van der Waals surface area contributed by atoms with Crippen LogP contribution in [0.3, 0.4) is 0 Å². The predicted octanol–water partition coefficient (Wildman–Crippen LogP) is 1.78. The minimum Gasteiger partial charge on any atom is -0.383 e. The Bertz CT molecular complexity index is 97.8. The maximum atomic E-state index is 4.94. The van der Waals surface area contributed by atoms with Gasteiger partial charge in [0.2, 0.25) is 0 Å². The van der Waals surface area contributed by atoms with Crippen molar-refractivity contribution in [2.24, 2.45) is 0 Å². The first kappa shape index (κ1) is 14.9. The summed E-state index contributed by atoms with van der Waals surface area (Å²) in [6, 6.07) is 0. The standard InChI is InChI=1S/C12H28N2O/c1-3-4-5-6-7-8-13-9-10-14-11-12-15-2/h13-14H,3-12H2,1-2H3. The van der Waals surface area contributed by atoms with Crippen LogP contribution in [-0.2, 0) is 4.74 Å². The van der Waals surface area contributed by atoms with Crippen molar-refractivity contribution in [3.63, 3.8) is 0 Å². The maximum absolute atomic E-state index is 4.94. The fourth-order valence-corrected chi connectivity index (χ4v) is 1.45. The van der Waals surface area contributed by atoms with Crippen molar-refractivity contribution < 1.29 is 4.74 Å². The number of nitrogens with one attached hydrogen (secondary N) is 2. The second-order valence-corrected chi connectivity index (χ2v) is 3.91. The molecule has 0 radical (unpaired) electrons. The Hall–Kier alpha value is -0.120. The molecular formula is C12H28N2O. The highest BCUT2D eigenvalue weighted by Gasteiger charge is 1.90. The molecule has 0 rings (SSSR count). The van der Waals surface area contributed by atoms with E-state index < -0.39 is 0 Å². The molecular weight excluding hydrogens is 188 g/mol. The fraction of sp³-hybridized carbons (Fsp3) is 1.00. The first-order valence-electron chi connectivity index (χ1n) is 6.32. The molecule has 0 aromatic rings. The summed E-state index contributed by atoms with van der Waals surface area (Å²) in [5, 5.41) is 6.75. The molecule has 0 aliphatic rings. The lowest BCUT2D eigenvalue weighted by molar-refractivity contribution is 0.199. The molecule has 0 saturated heterocycles. The molecule has 0 aromatic carbocycles. The van der Waals surface area contributed by atoms with E-state index in [4.69, 9.17) is 4.74 Å². The van der Waals surface area contributed by atoms with Gasteiger partial charge in [-0.05, 0) is 13.0 Å². The molecule has 3 nitrogen and oxygen atoms in total. The molecule has 3 heteroatoms. The summed E-state index contributed by atoms with van der Waals surface area (Å²) in [4.78, 5) is 0. The van der Waals surface area contributed by atoms with Crippen LogP contribution in [0.4, 0.5) is 0 Å². The molecule has 0 heterocycles. The van der Waals surface area contributed by atoms with Gasteiger partial charge in [0.25, 0.3) is 0 Å². The van der Waals surface area contributed by atoms with Gasteiger partial charge < -0.3 is 15.4 Å². The Morgan fingerprint density at radius 1 is 0.800 bits per heavy atom. The summed E-state index contributed by atoms with van der Waals surface area (Å²) in [6.45, 7) is 7.28. The maximum Gasteiger partial charge on any atom is 0.0587 e. The minimum absolute atomic E-state index is 0.803. The second-order valence-electron chi connectivity index (χ2n) is 3.91. The summed E-state index contributed by atoms with van der Waals surface area (Å²) in [5.41, 5.74) is 0. The number of hydrogen-bond acceptors (Lipinski definition) is 3. The van der Waals surface area contributed by atoms with Crippen LogP contribution < -0.4 is 10.6 Å². The normalized spacial score (nSPS) is 10.8. The van der Waals surface area contributed by atoms with Crippen molar-refractivity contribution >= 4 is 0 Å². The van der Waals surface area contributed by atoms with Gasteiger partial charge >= 0.3 is 0 Å². The third-order valence-corrected chi connectivity index (χ3v) is 2.42. The monoisotopic (exact) mass is 216 g/mol. The van der Waals surface area contributed by atoms with Gasteiger partial charge in [0.15, 0.2) is 0 Å². The zero-order valence-electron chi connectivity index (χ0n) is 10.5. The van der Waals surface area contributed by atoms with Crippen LogP contribution in [0.5, 0.6) is 0 Å². The third-order valence-electron chi connectivity index (χ3n) is 2.42. The van der Waals surface area contributed by atoms with Gasteiger partial charge in [-0.15, -0.1) is 0 Å². The molecule has 0 aliphatic heterocycles. The molecule has 0 spiro atoms. The number of unbranched alkanes of at least 4 members (excludes halogenated alkanes) is 4. The highest BCUT2D eigenvalue weighted by Crippen LogP contribution is 2.00. The van der Waals surface area contributed by atoms with Crippen LogP contribution >= 0.6 is 0 Å². The van der Waals surface area contributed by atoms with Gasteiger partial charge in [0, 0.05) is 26.7 Å². The van der Waals surface area contributed by atoms with Crippen molar-refractivity contribution in [2.75, 3.05) is 39.9 Å². The van der Waals surface area contributed by atoms with Crippen LogP contribution in [-0.4, -0.2) is 39.9 Å². The first-order chi connectivity index (χ1) is 7.41. The van der Waals surface area contributed by atoms with E-state index in [0.717, 1.165) is 32.8 Å². The highest BCUT2D eigenvalue weighted by atomic mass is 16.5. The third kappa shape index (κ3) is 13.9. The lowest BCUT2D eigenvalue weighted by Gasteiger charge is -2.06. The van der Waals surface area contributed by atoms with Gasteiger partial charge in [-0.1, -0.05) is 32.6 Å². The molecule has 0 aromatic heterocycles. The molecule has 2 N–H and O–H groups in total. The molecule has 0 saturated carbocycles. The molecule has 0 amide bonds. The first-order valence-corrected chi connectivity index (χ1v) is 6.32. The van der Waals surface area contributed by atoms with E-state index in [2.05, 4.69) is 17.6 Å². The van der Waals surface area contributed by atoms with Crippen molar-refractivity contribution in [1.82, 2.24) is 10.6 Å². The molecule has 0 fully saturated rings. The predicted molar refractivity (Wildman–Crippen MR) is 66.4 cm³/mol. The van der Waals surface area contributed by atoms with Crippen LogP contribution in [0.15, 0.2) is 0 Å². The van der Waals surface area contributed by atoms with Crippen molar-refractivity contribution in [3.05, 3.63) is 0 Å². The molecule has 0 aliphatic carbocycles. The highest BCUT2D eigenvalue weighted by molar-refractivity contribution is 4.52. The summed E-state index contributed by atoms with van der Waals surface area (Å²) in [6.07, 6.45) is 6.80. The van der Waals surface area contributed by atoms with Crippen molar-refractivity contribution in [3.8, 4) is 0 Å². The van der Waals surface area contributed by atoms with Gasteiger partial charge in [0.1, 0.15) is 0 Å². The van der Waals surface area contributed by atoms with Crippen LogP contribution in [0.1, 0.15) is 39.0 Å². The number of methoxy groups -OCH3 is 1. The van der Waals surface area contributed by atoms with Gasteiger partial charge in [-0.2, -0.15) is 0 Å². The Morgan fingerprint density at radius 3 is 2.13 bits per heavy atom. The number of ether oxygens (including phenoxy) is 1. The summed E-state index contributed by atoms with van der Waals surface area (Å²) in [5.74, 6) is 0. The number of rotatable bonds is 12. The Kier molecular flexibility index (Phi) is 13.8. The Morgan fingerprint density at radius 2 is 1.47 bits per heavy atom. The SMILES string of the molecule is CCCCCCCNCCNCCOC. The van der Waals surface area contributed by atoms with Gasteiger partial charge in [-0.3, -0.25) is 0 Å². The minimum atomic E-state index is 0.803. The van der Waals surface area contributed by atoms with Crippen LogP contribution in [0.25, 0.3) is 0 Å². The van der Waals surface area contributed by atoms with E-state index >= 15 is 0 Å². The molecule has 0 bridgehead atoms. The quantitative estimate of drug-likeness (QED) is 0.488. The van der Waals surface area contributed by atoms with Crippen LogP contribution in [0, 0.1) is 0 Å². The molecule has 15 heavy (non-hydrogen) atoms. The van der Waals surface area contributed by atoms with E-state index in [1.54, 1.807) is 7.11 Å². The van der Waals surface area contributed by atoms with E-state index in [1.165, 1.54) is 32.1 Å².